The molecule has 3 saturated heterocycles. The van der Waals surface area contributed by atoms with Gasteiger partial charge in [-0.15, -0.1) is 0 Å². The molecule has 43 heavy (non-hydrogen) atoms. The second kappa shape index (κ2) is 11.2. The zero-order chi connectivity index (χ0) is 30.5. The fourth-order valence-corrected chi connectivity index (χ4v) is 6.21. The van der Waals surface area contributed by atoms with Gasteiger partial charge in [0.15, 0.2) is 11.6 Å². The van der Waals surface area contributed by atoms with Crippen LogP contribution in [0.2, 0.25) is 5.02 Å². The first-order valence-corrected chi connectivity index (χ1v) is 15.2. The summed E-state index contributed by atoms with van der Waals surface area (Å²) in [6.07, 6.45) is 3.93. The molecule has 232 valence electrons. The van der Waals surface area contributed by atoms with E-state index in [0.717, 1.165) is 24.1 Å². The number of fused-ring (bicyclic) bond motifs is 2. The van der Waals surface area contributed by atoms with E-state index in [2.05, 4.69) is 17.2 Å². The number of anilines is 3. The molecular formula is C31H39ClN5O6-. The summed E-state index contributed by atoms with van der Waals surface area (Å²) in [5, 5.41) is 3.73. The van der Waals surface area contributed by atoms with Crippen LogP contribution in [-0.4, -0.2) is 91.7 Å². The van der Waals surface area contributed by atoms with Gasteiger partial charge in [0.05, 0.1) is 31.0 Å². The van der Waals surface area contributed by atoms with E-state index in [1.165, 1.54) is 0 Å². The molecule has 1 N–H and O–H groups in total. The molecule has 3 aliphatic heterocycles. The van der Waals surface area contributed by atoms with Crippen molar-refractivity contribution in [3.63, 3.8) is 0 Å². The standard InChI is InChI=1S/C31H39ClN5O6/c1-6-19-14-33-27(34-24-8-7-22(13-23(24)32)37-12-11-35(4)28(37)38)26(40-5)25(19)42-31(3)20-15-36(16-21(31)18-41-17-20)29(39)43-30(2)9-10-30/h7-8,13-14,20-21H,3,6,9-12,15-18H2,1-2,4-5H3,(H,33,34)/q-1. The number of carbonyl (C=O) groups excluding carboxylic acids is 2. The Labute approximate surface area is 257 Å². The highest BCUT2D eigenvalue weighted by Crippen LogP contribution is 2.47. The molecule has 3 amide bonds. The number of halogens is 1. The third kappa shape index (κ3) is 5.53. The molecule has 6 rings (SSSR count). The van der Waals surface area contributed by atoms with Crippen molar-refractivity contribution in [3.8, 4) is 11.5 Å². The van der Waals surface area contributed by atoms with Gasteiger partial charge in [-0.25, -0.2) is 14.6 Å². The van der Waals surface area contributed by atoms with Crippen LogP contribution in [0.1, 0.15) is 32.3 Å². The number of likely N-dealkylation sites (N-methyl/N-ethyl adjacent to an activating group) is 1. The number of methoxy groups -OCH3 is 1. The molecule has 2 aromatic rings. The van der Waals surface area contributed by atoms with Crippen LogP contribution in [0.15, 0.2) is 24.4 Å². The molecule has 1 aliphatic carbocycles. The first-order valence-electron chi connectivity index (χ1n) is 14.8. The molecule has 0 radical (unpaired) electrons. The molecule has 4 fully saturated rings. The maximum atomic E-state index is 13.0. The number of urea groups is 1. The van der Waals surface area contributed by atoms with Crippen molar-refractivity contribution >= 4 is 40.9 Å². The number of likely N-dealkylation sites (tertiary alicyclic amines) is 1. The second-order valence-corrected chi connectivity index (χ2v) is 12.6. The van der Waals surface area contributed by atoms with Crippen molar-refractivity contribution in [2.75, 3.05) is 63.8 Å². The average Bonchev–Trinajstić information content (AvgIpc) is 3.60. The Bertz CT molecular complexity index is 1400. The lowest BCUT2D eigenvalue weighted by Gasteiger charge is -2.57. The lowest BCUT2D eigenvalue weighted by molar-refractivity contribution is -0.152. The van der Waals surface area contributed by atoms with Crippen molar-refractivity contribution in [1.29, 1.82) is 0 Å². The van der Waals surface area contributed by atoms with Gasteiger partial charge in [-0.3, -0.25) is 11.8 Å². The molecule has 1 aromatic heterocycles. The average molecular weight is 613 g/mol. The van der Waals surface area contributed by atoms with Crippen LogP contribution in [0.5, 0.6) is 11.5 Å². The van der Waals surface area contributed by atoms with E-state index in [4.69, 9.17) is 30.5 Å². The number of nitrogens with zero attached hydrogens (tertiary/aromatic N) is 4. The van der Waals surface area contributed by atoms with E-state index in [0.29, 0.717) is 73.8 Å². The van der Waals surface area contributed by atoms with Crippen molar-refractivity contribution in [1.82, 2.24) is 14.8 Å². The number of aryl methyl sites for hydroxylation is 1. The minimum Gasteiger partial charge on any atom is -0.514 e. The number of ether oxygens (including phenoxy) is 4. The number of nitrogens with one attached hydrogen (secondary N) is 1. The van der Waals surface area contributed by atoms with Gasteiger partial charge in [-0.1, -0.05) is 18.5 Å². The summed E-state index contributed by atoms with van der Waals surface area (Å²) in [5.41, 5.74) is 1.00. The molecule has 2 atom stereocenters. The van der Waals surface area contributed by atoms with Gasteiger partial charge in [0.1, 0.15) is 5.60 Å². The van der Waals surface area contributed by atoms with Gasteiger partial charge in [0.25, 0.3) is 0 Å². The molecule has 2 bridgehead atoms. The monoisotopic (exact) mass is 612 g/mol. The van der Waals surface area contributed by atoms with Gasteiger partial charge in [-0.05, 0) is 44.4 Å². The van der Waals surface area contributed by atoms with Crippen LogP contribution in [0, 0.1) is 18.8 Å². The molecule has 0 spiro atoms. The Morgan fingerprint density at radius 3 is 2.51 bits per heavy atom. The van der Waals surface area contributed by atoms with Crippen LogP contribution < -0.4 is 19.7 Å². The summed E-state index contributed by atoms with van der Waals surface area (Å²) >= 11 is 6.68. The predicted octanol–water partition coefficient (Wildman–Crippen LogP) is 5.14. The number of pyridine rings is 1. The summed E-state index contributed by atoms with van der Waals surface area (Å²) in [7, 11) is 3.35. The molecule has 2 unspecified atom stereocenters. The minimum absolute atomic E-state index is 0.0609. The summed E-state index contributed by atoms with van der Waals surface area (Å²) in [4.78, 5) is 35.2. The zero-order valence-electron chi connectivity index (χ0n) is 25.2. The Kier molecular flexibility index (Phi) is 7.75. The normalized spacial score (nSPS) is 25.9. The van der Waals surface area contributed by atoms with Gasteiger partial charge in [-0.2, -0.15) is 0 Å². The molecule has 12 heteroatoms. The van der Waals surface area contributed by atoms with E-state index in [-0.39, 0.29) is 29.6 Å². The molecule has 4 heterocycles. The van der Waals surface area contributed by atoms with Crippen LogP contribution in [0.4, 0.5) is 26.8 Å². The van der Waals surface area contributed by atoms with Crippen molar-refractivity contribution in [2.24, 2.45) is 11.8 Å². The molecule has 1 saturated carbocycles. The van der Waals surface area contributed by atoms with E-state index in [9.17, 15) is 9.59 Å². The first-order chi connectivity index (χ1) is 20.5. The van der Waals surface area contributed by atoms with Crippen LogP contribution in [0.3, 0.4) is 0 Å². The van der Waals surface area contributed by atoms with Crippen LogP contribution in [0.25, 0.3) is 0 Å². The third-order valence-electron chi connectivity index (χ3n) is 9.12. The highest BCUT2D eigenvalue weighted by molar-refractivity contribution is 6.33. The number of hydrogen-bond acceptors (Lipinski definition) is 8. The summed E-state index contributed by atoms with van der Waals surface area (Å²) in [6.45, 7) is 11.5. The minimum atomic E-state index is -0.858. The first kappa shape index (κ1) is 29.6. The Morgan fingerprint density at radius 1 is 1.21 bits per heavy atom. The number of amides is 3. The van der Waals surface area contributed by atoms with E-state index < -0.39 is 5.60 Å². The predicted molar refractivity (Wildman–Crippen MR) is 162 cm³/mol. The number of hydrogen-bond donors (Lipinski definition) is 1. The van der Waals surface area contributed by atoms with Crippen LogP contribution >= 0.6 is 11.6 Å². The number of rotatable bonds is 8. The van der Waals surface area contributed by atoms with E-state index in [1.807, 2.05) is 26.0 Å². The van der Waals surface area contributed by atoms with Gasteiger partial charge in [0, 0.05) is 68.1 Å². The highest BCUT2D eigenvalue weighted by atomic mass is 35.5. The Hall–Kier alpha value is -3.44. The van der Waals surface area contributed by atoms with Gasteiger partial charge < -0.3 is 34.1 Å². The summed E-state index contributed by atoms with van der Waals surface area (Å²) in [5.74, 6) is 1.07. The maximum absolute atomic E-state index is 13.0. The smallest absolute Gasteiger partial charge is 0.410 e. The quantitative estimate of drug-likeness (QED) is 0.409. The number of aromatic nitrogens is 1. The van der Waals surface area contributed by atoms with Crippen molar-refractivity contribution in [2.45, 2.75) is 44.3 Å². The van der Waals surface area contributed by atoms with Crippen LogP contribution in [-0.2, 0) is 15.9 Å². The van der Waals surface area contributed by atoms with Gasteiger partial charge >= 0.3 is 12.1 Å². The molecule has 4 aliphatic rings. The maximum Gasteiger partial charge on any atom is 0.410 e. The lowest BCUT2D eigenvalue weighted by atomic mass is 9.73. The zero-order valence-corrected chi connectivity index (χ0v) is 25.9. The summed E-state index contributed by atoms with van der Waals surface area (Å²) < 4.78 is 24.4. The Morgan fingerprint density at radius 2 is 1.93 bits per heavy atom. The number of piperidine rings is 1. The third-order valence-corrected chi connectivity index (χ3v) is 9.43. The second-order valence-electron chi connectivity index (χ2n) is 12.2. The Balaban J connectivity index is 1.25. The molecule has 11 nitrogen and oxygen atoms in total. The van der Waals surface area contributed by atoms with Crippen molar-refractivity contribution in [3.05, 3.63) is 41.9 Å². The summed E-state index contributed by atoms with van der Waals surface area (Å²) in [6, 6.07) is 5.37. The van der Waals surface area contributed by atoms with E-state index in [1.54, 1.807) is 41.1 Å². The number of carbonyl (C=O) groups is 2. The van der Waals surface area contributed by atoms with Gasteiger partial charge in [0.2, 0.25) is 5.75 Å². The lowest BCUT2D eigenvalue weighted by Crippen LogP contribution is -2.65. The molecule has 1 aromatic carbocycles. The number of benzene rings is 1. The highest BCUT2D eigenvalue weighted by Gasteiger charge is 2.50. The largest absolute Gasteiger partial charge is 0.514 e. The van der Waals surface area contributed by atoms with Crippen molar-refractivity contribution < 1.29 is 28.5 Å². The topological polar surface area (TPSA) is 106 Å². The SMILES string of the molecule is [CH2-]C1(Oc2c(CC)cnc(Nc3ccc(N4CCN(C)C4=O)cc3Cl)c2OC)C2COCC1CN(C(=O)OC1(C)CC1)C2. The molecular weight excluding hydrogens is 574 g/mol. The fraction of sp³-hybridized carbons (Fsp3) is 0.548. The fourth-order valence-electron chi connectivity index (χ4n) is 5.99. The van der Waals surface area contributed by atoms with E-state index >= 15 is 0 Å².